The first-order chi connectivity index (χ1) is 18.8. The molecule has 0 saturated carbocycles. The van der Waals surface area contributed by atoms with Crippen LogP contribution in [0.25, 0.3) is 6.20 Å². The second kappa shape index (κ2) is 9.65. The highest BCUT2D eigenvalue weighted by Crippen LogP contribution is 2.41. The Hall–Kier alpha value is -3.96. The lowest BCUT2D eigenvalue weighted by atomic mass is 9.82. The lowest BCUT2D eigenvalue weighted by Gasteiger charge is -2.49. The number of carbonyl (C=O) groups is 1. The lowest BCUT2D eigenvalue weighted by molar-refractivity contribution is -0.138. The minimum Gasteiger partial charge on any atom is -0.367 e. The van der Waals surface area contributed by atoms with E-state index in [4.69, 9.17) is 10.7 Å². The van der Waals surface area contributed by atoms with Gasteiger partial charge in [0.05, 0.1) is 18.3 Å². The number of aromatic nitrogens is 2. The Kier molecular flexibility index (Phi) is 6.27. The molecular weight excluding hydrogens is 507 g/mol. The van der Waals surface area contributed by atoms with E-state index in [-0.39, 0.29) is 12.1 Å². The van der Waals surface area contributed by atoms with Crippen LogP contribution in [0.2, 0.25) is 0 Å². The van der Waals surface area contributed by atoms with Crippen LogP contribution in [0.1, 0.15) is 22.3 Å². The summed E-state index contributed by atoms with van der Waals surface area (Å²) in [5, 5.41) is 4.39. The summed E-state index contributed by atoms with van der Waals surface area (Å²) in [5.74, 6) is 0.313. The van der Waals surface area contributed by atoms with Crippen LogP contribution in [0, 0.1) is 0 Å². The van der Waals surface area contributed by atoms with Gasteiger partial charge in [0.1, 0.15) is 11.7 Å². The number of hydrogen-bond donors (Lipinski definition) is 1. The van der Waals surface area contributed by atoms with Gasteiger partial charge in [-0.3, -0.25) is 19.6 Å². The standard InChI is InChI=1S/C28H28F3N7O/c29-28(30,31)23-9-4-8-22(16-23)27(25(32)39,26-33-17-21-18-34-38-11-5-10-37(26)24(21)38)36-14-12-35(13-15-36)19-20-6-2-1-3-7-20/h1-9,11,16,18H,10,12-15,17,19H2,(H2,32,39). The number of benzene rings is 2. The Morgan fingerprint density at radius 3 is 2.44 bits per heavy atom. The van der Waals surface area contributed by atoms with Gasteiger partial charge in [0.2, 0.25) is 0 Å². The molecule has 11 heteroatoms. The molecule has 1 saturated heterocycles. The van der Waals surface area contributed by atoms with E-state index in [0.29, 0.717) is 38.6 Å². The molecule has 4 heterocycles. The molecule has 0 radical (unpaired) electrons. The van der Waals surface area contributed by atoms with E-state index in [2.05, 4.69) is 22.1 Å². The zero-order chi connectivity index (χ0) is 27.2. The monoisotopic (exact) mass is 535 g/mol. The third kappa shape index (κ3) is 4.31. The molecule has 3 aliphatic rings. The Labute approximate surface area is 223 Å². The van der Waals surface area contributed by atoms with Gasteiger partial charge in [0.15, 0.2) is 5.54 Å². The van der Waals surface area contributed by atoms with Crippen molar-refractivity contribution in [2.75, 3.05) is 37.6 Å². The summed E-state index contributed by atoms with van der Waals surface area (Å²) in [5.41, 5.74) is 5.88. The average Bonchev–Trinajstić information content (AvgIpc) is 3.36. The van der Waals surface area contributed by atoms with Crippen molar-refractivity contribution < 1.29 is 18.0 Å². The van der Waals surface area contributed by atoms with Crippen LogP contribution < -0.4 is 10.6 Å². The molecule has 6 rings (SSSR count). The predicted octanol–water partition coefficient (Wildman–Crippen LogP) is 3.30. The van der Waals surface area contributed by atoms with Crippen LogP contribution in [0.15, 0.2) is 71.9 Å². The highest BCUT2D eigenvalue weighted by molar-refractivity contribution is 6.19. The third-order valence-electron chi connectivity index (χ3n) is 7.67. The van der Waals surface area contributed by atoms with Crippen molar-refractivity contribution in [1.82, 2.24) is 19.6 Å². The minimum absolute atomic E-state index is 0.157. The number of carbonyl (C=O) groups excluding carboxylic acids is 1. The second-order valence-corrected chi connectivity index (χ2v) is 9.98. The van der Waals surface area contributed by atoms with Gasteiger partial charge < -0.3 is 10.6 Å². The first-order valence-corrected chi connectivity index (χ1v) is 12.8. The van der Waals surface area contributed by atoms with Crippen molar-refractivity contribution in [2.24, 2.45) is 10.7 Å². The number of primary amides is 1. The maximum absolute atomic E-state index is 13.9. The van der Waals surface area contributed by atoms with Crippen molar-refractivity contribution in [3.63, 3.8) is 0 Å². The van der Waals surface area contributed by atoms with Crippen LogP contribution in [0.3, 0.4) is 0 Å². The average molecular weight is 536 g/mol. The summed E-state index contributed by atoms with van der Waals surface area (Å²) < 4.78 is 43.3. The van der Waals surface area contributed by atoms with Crippen LogP contribution >= 0.6 is 0 Å². The smallest absolute Gasteiger partial charge is 0.367 e. The van der Waals surface area contributed by atoms with Crippen molar-refractivity contribution in [3.8, 4) is 0 Å². The summed E-state index contributed by atoms with van der Waals surface area (Å²) in [4.78, 5) is 24.5. The van der Waals surface area contributed by atoms with E-state index in [0.717, 1.165) is 30.1 Å². The van der Waals surface area contributed by atoms with Crippen LogP contribution in [0.4, 0.5) is 19.0 Å². The zero-order valence-corrected chi connectivity index (χ0v) is 21.2. The first-order valence-electron chi connectivity index (χ1n) is 12.8. The fourth-order valence-electron chi connectivity index (χ4n) is 5.85. The number of amides is 1. The Morgan fingerprint density at radius 1 is 0.974 bits per heavy atom. The molecule has 0 spiro atoms. The van der Waals surface area contributed by atoms with E-state index in [1.54, 1.807) is 16.9 Å². The van der Waals surface area contributed by atoms with Crippen molar-refractivity contribution >= 4 is 23.8 Å². The number of amidine groups is 1. The molecule has 1 atom stereocenters. The largest absolute Gasteiger partial charge is 0.416 e. The van der Waals surface area contributed by atoms with E-state index < -0.39 is 23.2 Å². The van der Waals surface area contributed by atoms with Crippen molar-refractivity contribution in [1.29, 1.82) is 0 Å². The van der Waals surface area contributed by atoms with E-state index >= 15 is 0 Å². The fraction of sp³-hybridized carbons (Fsp3) is 0.321. The number of anilines is 1. The molecule has 1 amide bonds. The Balaban J connectivity index is 1.43. The van der Waals surface area contributed by atoms with E-state index in [9.17, 15) is 18.0 Å². The molecule has 0 bridgehead atoms. The lowest BCUT2D eigenvalue weighted by Crippen LogP contribution is -2.68. The van der Waals surface area contributed by atoms with Crippen LogP contribution in [-0.4, -0.2) is 64.0 Å². The van der Waals surface area contributed by atoms with Crippen LogP contribution in [-0.2, 0) is 29.6 Å². The number of alkyl halides is 3. The fourth-order valence-corrected chi connectivity index (χ4v) is 5.85. The topological polar surface area (TPSA) is 83.0 Å². The van der Waals surface area contributed by atoms with E-state index in [1.807, 2.05) is 40.3 Å². The molecule has 8 nitrogen and oxygen atoms in total. The number of rotatable bonds is 6. The molecule has 1 unspecified atom stereocenters. The van der Waals surface area contributed by atoms with Crippen LogP contribution in [0.5, 0.6) is 0 Å². The summed E-state index contributed by atoms with van der Waals surface area (Å²) >= 11 is 0. The molecule has 39 heavy (non-hydrogen) atoms. The van der Waals surface area contributed by atoms with Gasteiger partial charge in [-0.1, -0.05) is 42.5 Å². The van der Waals surface area contributed by atoms with Gasteiger partial charge in [-0.2, -0.15) is 18.3 Å². The summed E-state index contributed by atoms with van der Waals surface area (Å²) in [7, 11) is 0. The summed E-state index contributed by atoms with van der Waals surface area (Å²) in [6.45, 7) is 3.43. The SMILES string of the molecule is NC(=O)C(C1=NCc2cnn3c2N1CC=C3)(c1cccc(C(F)(F)F)c1)N1CCN(Cc2ccccc2)CC1. The van der Waals surface area contributed by atoms with Crippen molar-refractivity contribution in [3.05, 3.63) is 89.1 Å². The summed E-state index contributed by atoms with van der Waals surface area (Å²) in [6, 6.07) is 15.0. The Bertz CT molecular complexity index is 1440. The van der Waals surface area contributed by atoms with Gasteiger partial charge in [-0.15, -0.1) is 0 Å². The molecule has 1 aromatic heterocycles. The number of nitrogens with zero attached hydrogens (tertiary/aromatic N) is 6. The van der Waals surface area contributed by atoms with Gasteiger partial charge >= 0.3 is 6.18 Å². The second-order valence-electron chi connectivity index (χ2n) is 9.98. The molecule has 202 valence electrons. The maximum Gasteiger partial charge on any atom is 0.416 e. The molecule has 1 fully saturated rings. The molecular formula is C28H28F3N7O. The predicted molar refractivity (Wildman–Crippen MR) is 142 cm³/mol. The molecule has 0 aliphatic carbocycles. The quantitative estimate of drug-likeness (QED) is 0.524. The highest BCUT2D eigenvalue weighted by atomic mass is 19.4. The maximum atomic E-state index is 13.9. The first kappa shape index (κ1) is 25.3. The molecule has 3 aliphatic heterocycles. The van der Waals surface area contributed by atoms with E-state index in [1.165, 1.54) is 11.6 Å². The normalized spacial score (nSPS) is 19.4. The van der Waals surface area contributed by atoms with Gasteiger partial charge in [0, 0.05) is 51.0 Å². The van der Waals surface area contributed by atoms with Gasteiger partial charge in [0.25, 0.3) is 5.91 Å². The molecule has 3 aromatic rings. The summed E-state index contributed by atoms with van der Waals surface area (Å²) in [6.07, 6.45) is 0.843. The van der Waals surface area contributed by atoms with Gasteiger partial charge in [-0.05, 0) is 29.3 Å². The number of halogens is 3. The number of nitrogens with two attached hydrogens (primary N) is 1. The highest BCUT2D eigenvalue weighted by Gasteiger charge is 2.54. The van der Waals surface area contributed by atoms with Gasteiger partial charge in [-0.25, -0.2) is 4.68 Å². The number of piperazine rings is 1. The van der Waals surface area contributed by atoms with Crippen molar-refractivity contribution in [2.45, 2.75) is 24.8 Å². The molecule has 2 aromatic carbocycles. The minimum atomic E-state index is -4.58. The molecule has 2 N–H and O–H groups in total. The third-order valence-corrected chi connectivity index (χ3v) is 7.67. The zero-order valence-electron chi connectivity index (χ0n) is 21.2. The number of aliphatic imine (C=N–C) groups is 1. The number of hydrogen-bond acceptors (Lipinski definition) is 6. The Morgan fingerprint density at radius 2 is 1.72 bits per heavy atom.